The quantitative estimate of drug-likeness (QED) is 0.363. The van der Waals surface area contributed by atoms with Crippen molar-refractivity contribution in [1.82, 2.24) is 0 Å². The third-order valence-corrected chi connectivity index (χ3v) is 6.51. The summed E-state index contributed by atoms with van der Waals surface area (Å²) in [5.74, 6) is -1.22. The highest BCUT2D eigenvalue weighted by atomic mass is 19.4. The SMILES string of the molecule is CC(C)CO/N=C1\CC[C@@]2(Cc3ccc(C(F)(F)F)cc3)c3c(F)ccc(F)c3OC[C@H]2C1. The largest absolute Gasteiger partial charge is 0.490 e. The zero-order valence-corrected chi connectivity index (χ0v) is 18.5. The van der Waals surface area contributed by atoms with E-state index in [1.54, 1.807) is 0 Å². The maximum absolute atomic E-state index is 15.1. The number of fused-ring (bicyclic) bond motifs is 3. The lowest BCUT2D eigenvalue weighted by molar-refractivity contribution is -0.137. The number of benzene rings is 2. The van der Waals surface area contributed by atoms with E-state index in [0.717, 1.165) is 30.0 Å². The normalized spacial score (nSPS) is 23.8. The Hall–Kier alpha value is -2.64. The van der Waals surface area contributed by atoms with Crippen LogP contribution in [0.15, 0.2) is 41.6 Å². The van der Waals surface area contributed by atoms with Gasteiger partial charge in [0.1, 0.15) is 12.4 Å². The van der Waals surface area contributed by atoms with E-state index in [1.165, 1.54) is 12.1 Å². The monoisotopic (exact) mass is 467 g/mol. The average Bonchev–Trinajstić information content (AvgIpc) is 2.75. The van der Waals surface area contributed by atoms with Crippen molar-refractivity contribution in [3.63, 3.8) is 0 Å². The molecule has 0 spiro atoms. The van der Waals surface area contributed by atoms with Crippen LogP contribution in [-0.4, -0.2) is 18.9 Å². The molecule has 2 aromatic rings. The number of halogens is 5. The summed E-state index contributed by atoms with van der Waals surface area (Å²) in [4.78, 5) is 5.43. The number of ether oxygens (including phenoxy) is 1. The number of hydrogen-bond donors (Lipinski definition) is 0. The summed E-state index contributed by atoms with van der Waals surface area (Å²) < 4.78 is 74.4. The molecule has 2 aromatic carbocycles. The van der Waals surface area contributed by atoms with Crippen LogP contribution in [0.1, 0.15) is 49.8 Å². The zero-order chi connectivity index (χ0) is 23.8. The van der Waals surface area contributed by atoms with Crippen molar-refractivity contribution >= 4 is 5.71 Å². The second kappa shape index (κ2) is 8.95. The second-order valence-corrected chi connectivity index (χ2v) is 9.32. The first kappa shape index (κ1) is 23.5. The molecule has 0 aromatic heterocycles. The second-order valence-electron chi connectivity index (χ2n) is 9.32. The Balaban J connectivity index is 1.70. The van der Waals surface area contributed by atoms with Gasteiger partial charge in [-0.15, -0.1) is 0 Å². The highest BCUT2D eigenvalue weighted by molar-refractivity contribution is 5.85. The third-order valence-electron chi connectivity index (χ3n) is 6.51. The Morgan fingerprint density at radius 2 is 1.79 bits per heavy atom. The van der Waals surface area contributed by atoms with Gasteiger partial charge >= 0.3 is 6.18 Å². The number of alkyl halides is 3. The summed E-state index contributed by atoms with van der Waals surface area (Å²) >= 11 is 0. The fraction of sp³-hybridized carbons (Fsp3) is 0.480. The van der Waals surface area contributed by atoms with Crippen LogP contribution in [0.4, 0.5) is 22.0 Å². The van der Waals surface area contributed by atoms with Gasteiger partial charge in [0.2, 0.25) is 0 Å². The standard InChI is InChI=1S/C25H26F5NO2/c1-15(2)13-33-31-19-9-10-24(12-16-3-5-17(6-4-16)25(28,29)30)18(11-19)14-32-23-21(27)8-7-20(26)22(23)24/h3-8,15,18H,9-14H2,1-2H3/b31-19+/t18-,24+/m1/s1. The van der Waals surface area contributed by atoms with Crippen LogP contribution in [0.2, 0.25) is 0 Å². The third kappa shape index (κ3) is 4.70. The summed E-state index contributed by atoms with van der Waals surface area (Å²) in [7, 11) is 0. The predicted molar refractivity (Wildman–Crippen MR) is 114 cm³/mol. The van der Waals surface area contributed by atoms with E-state index in [-0.39, 0.29) is 30.3 Å². The molecule has 3 nitrogen and oxygen atoms in total. The first-order chi connectivity index (χ1) is 15.6. The van der Waals surface area contributed by atoms with Gasteiger partial charge in [0.15, 0.2) is 11.6 Å². The summed E-state index contributed by atoms with van der Waals surface area (Å²) in [6, 6.07) is 7.00. The highest BCUT2D eigenvalue weighted by Gasteiger charge is 2.50. The number of rotatable bonds is 5. The van der Waals surface area contributed by atoms with Crippen LogP contribution in [0, 0.1) is 23.5 Å². The topological polar surface area (TPSA) is 30.8 Å². The smallest absolute Gasteiger partial charge is 0.416 e. The van der Waals surface area contributed by atoms with Crippen LogP contribution in [0.5, 0.6) is 5.75 Å². The Kier molecular flexibility index (Phi) is 6.38. The lowest BCUT2D eigenvalue weighted by atomic mass is 9.58. The minimum atomic E-state index is -4.44. The molecule has 1 fully saturated rings. The first-order valence-electron chi connectivity index (χ1n) is 11.1. The van der Waals surface area contributed by atoms with E-state index in [4.69, 9.17) is 9.57 Å². The van der Waals surface area contributed by atoms with Crippen LogP contribution >= 0.6 is 0 Å². The lowest BCUT2D eigenvalue weighted by Crippen LogP contribution is -2.49. The number of hydrogen-bond acceptors (Lipinski definition) is 3. The molecule has 0 unspecified atom stereocenters. The van der Waals surface area contributed by atoms with Crippen LogP contribution in [0.25, 0.3) is 0 Å². The van der Waals surface area contributed by atoms with E-state index in [9.17, 15) is 17.6 Å². The molecule has 2 aliphatic rings. The van der Waals surface area contributed by atoms with Crippen LogP contribution in [0.3, 0.4) is 0 Å². The summed E-state index contributed by atoms with van der Waals surface area (Å²) in [6.45, 7) is 4.67. The van der Waals surface area contributed by atoms with Gasteiger partial charge in [0.25, 0.3) is 0 Å². The van der Waals surface area contributed by atoms with E-state index < -0.39 is 28.8 Å². The van der Waals surface area contributed by atoms with Gasteiger partial charge in [-0.3, -0.25) is 0 Å². The van der Waals surface area contributed by atoms with Crippen molar-refractivity contribution in [2.45, 2.75) is 51.1 Å². The zero-order valence-electron chi connectivity index (χ0n) is 18.5. The molecule has 1 saturated carbocycles. The fourth-order valence-electron chi connectivity index (χ4n) is 4.88. The molecule has 0 saturated heterocycles. The van der Waals surface area contributed by atoms with Gasteiger partial charge in [-0.05, 0) is 61.4 Å². The maximum atomic E-state index is 15.1. The lowest BCUT2D eigenvalue weighted by Gasteiger charge is -2.48. The molecule has 2 atom stereocenters. The Labute approximate surface area is 189 Å². The Morgan fingerprint density at radius 1 is 1.09 bits per heavy atom. The molecule has 8 heteroatoms. The molecule has 1 heterocycles. The van der Waals surface area contributed by atoms with Crippen molar-refractivity contribution in [2.24, 2.45) is 17.0 Å². The van der Waals surface area contributed by atoms with Crippen molar-refractivity contribution in [2.75, 3.05) is 13.2 Å². The molecular weight excluding hydrogens is 441 g/mol. The Bertz CT molecular complexity index is 1030. The molecule has 178 valence electrons. The first-order valence-corrected chi connectivity index (χ1v) is 11.1. The molecule has 33 heavy (non-hydrogen) atoms. The number of oxime groups is 1. The molecule has 1 aliphatic carbocycles. The van der Waals surface area contributed by atoms with Crippen molar-refractivity contribution in [3.05, 3.63) is 64.7 Å². The van der Waals surface area contributed by atoms with Gasteiger partial charge in [0, 0.05) is 16.9 Å². The summed E-state index contributed by atoms with van der Waals surface area (Å²) in [6.07, 6.45) is -2.71. The van der Waals surface area contributed by atoms with Crippen molar-refractivity contribution < 1.29 is 31.5 Å². The molecule has 1 aliphatic heterocycles. The molecule has 0 N–H and O–H groups in total. The predicted octanol–water partition coefficient (Wildman–Crippen LogP) is 6.69. The minimum Gasteiger partial charge on any atom is -0.490 e. The number of nitrogens with zero attached hydrogens (tertiary/aromatic N) is 1. The Morgan fingerprint density at radius 3 is 2.45 bits per heavy atom. The van der Waals surface area contributed by atoms with Crippen molar-refractivity contribution in [3.8, 4) is 5.75 Å². The van der Waals surface area contributed by atoms with E-state index in [2.05, 4.69) is 5.16 Å². The molecule has 0 radical (unpaired) electrons. The van der Waals surface area contributed by atoms with Crippen LogP contribution < -0.4 is 4.74 Å². The van der Waals surface area contributed by atoms with Gasteiger partial charge in [-0.2, -0.15) is 13.2 Å². The maximum Gasteiger partial charge on any atom is 0.416 e. The van der Waals surface area contributed by atoms with E-state index in [0.29, 0.717) is 37.4 Å². The van der Waals surface area contributed by atoms with Gasteiger partial charge < -0.3 is 9.57 Å². The van der Waals surface area contributed by atoms with Gasteiger partial charge in [-0.25, -0.2) is 8.78 Å². The molecule has 4 rings (SSSR count). The van der Waals surface area contributed by atoms with Crippen molar-refractivity contribution in [1.29, 1.82) is 0 Å². The molecular formula is C25H26F5NO2. The molecule has 0 bridgehead atoms. The summed E-state index contributed by atoms with van der Waals surface area (Å²) in [5, 5.41) is 4.26. The van der Waals surface area contributed by atoms with Gasteiger partial charge in [-0.1, -0.05) is 31.1 Å². The van der Waals surface area contributed by atoms with E-state index >= 15 is 4.39 Å². The van der Waals surface area contributed by atoms with E-state index in [1.807, 2.05) is 13.8 Å². The van der Waals surface area contributed by atoms with Gasteiger partial charge in [0.05, 0.1) is 17.9 Å². The fourth-order valence-corrected chi connectivity index (χ4v) is 4.88. The summed E-state index contributed by atoms with van der Waals surface area (Å²) in [5.41, 5.74) is 0.0518. The minimum absolute atomic E-state index is 0.102. The highest BCUT2D eigenvalue weighted by Crippen LogP contribution is 2.53. The van der Waals surface area contributed by atoms with Crippen LogP contribution in [-0.2, 0) is 22.8 Å². The molecule has 0 amide bonds. The average molecular weight is 467 g/mol.